The van der Waals surface area contributed by atoms with Gasteiger partial charge in [-0.05, 0) is 20.3 Å². The minimum Gasteiger partial charge on any atom is -0.448 e. The van der Waals surface area contributed by atoms with Crippen molar-refractivity contribution in [1.82, 2.24) is 0 Å². The highest BCUT2D eigenvalue weighted by Gasteiger charge is 2.53. The van der Waals surface area contributed by atoms with E-state index >= 15 is 0 Å². The molecule has 3 saturated heterocycles. The molecule has 0 aliphatic carbocycles. The fourth-order valence-electron chi connectivity index (χ4n) is 4.47. The SMILES string of the molecule is CCC1O[C@H](OC(=N)C(Cl)(Cl)Cl)C(C)[C@@H](O[C@H]2OC[C@@H](C)[C@@H]3OC(C)(C)OC23)[C@@H]1C. The van der Waals surface area contributed by atoms with Crippen molar-refractivity contribution in [2.45, 2.75) is 94.5 Å². The molecule has 1 N–H and O–H groups in total. The number of halogens is 3. The van der Waals surface area contributed by atoms with E-state index in [1.165, 1.54) is 0 Å². The quantitative estimate of drug-likeness (QED) is 0.352. The first-order chi connectivity index (χ1) is 13.8. The number of alkyl halides is 3. The van der Waals surface area contributed by atoms with Crippen LogP contribution in [0.4, 0.5) is 0 Å². The van der Waals surface area contributed by atoms with Crippen LogP contribution >= 0.6 is 34.8 Å². The van der Waals surface area contributed by atoms with Crippen LogP contribution in [0.15, 0.2) is 0 Å². The Hall–Kier alpha value is 0.140. The predicted octanol–water partition coefficient (Wildman–Crippen LogP) is 4.66. The fourth-order valence-corrected chi connectivity index (χ4v) is 4.61. The molecule has 3 aliphatic heterocycles. The number of ether oxygens (including phenoxy) is 6. The summed E-state index contributed by atoms with van der Waals surface area (Å²) in [6.07, 6.45) is -1.46. The van der Waals surface area contributed by atoms with Crippen LogP contribution < -0.4 is 0 Å². The van der Waals surface area contributed by atoms with E-state index in [1.54, 1.807) is 0 Å². The highest BCUT2D eigenvalue weighted by atomic mass is 35.6. The summed E-state index contributed by atoms with van der Waals surface area (Å²) >= 11 is 17.4. The first-order valence-corrected chi connectivity index (χ1v) is 11.6. The van der Waals surface area contributed by atoms with Gasteiger partial charge in [-0.15, -0.1) is 0 Å². The molecule has 0 aromatic carbocycles. The van der Waals surface area contributed by atoms with Crippen LogP contribution in [0.1, 0.15) is 48.0 Å². The van der Waals surface area contributed by atoms with Crippen LogP contribution in [-0.2, 0) is 28.4 Å². The molecule has 3 unspecified atom stereocenters. The van der Waals surface area contributed by atoms with Crippen molar-refractivity contribution < 1.29 is 28.4 Å². The summed E-state index contributed by atoms with van der Waals surface area (Å²) in [6.45, 7) is 12.4. The normalized spacial score (nSPS) is 43.8. The Balaban J connectivity index is 1.76. The summed E-state index contributed by atoms with van der Waals surface area (Å²) in [5.41, 5.74) is 0. The molecule has 7 nitrogen and oxygen atoms in total. The third kappa shape index (κ3) is 5.20. The first-order valence-electron chi connectivity index (χ1n) is 10.4. The monoisotopic (exact) mass is 487 g/mol. The number of fused-ring (bicyclic) bond motifs is 1. The van der Waals surface area contributed by atoms with E-state index in [0.717, 1.165) is 6.42 Å². The molecule has 0 spiro atoms. The summed E-state index contributed by atoms with van der Waals surface area (Å²) in [7, 11) is 0. The van der Waals surface area contributed by atoms with Gasteiger partial charge in [-0.3, -0.25) is 5.41 Å². The predicted molar refractivity (Wildman–Crippen MR) is 114 cm³/mol. The molecule has 3 heterocycles. The van der Waals surface area contributed by atoms with Crippen LogP contribution in [0.25, 0.3) is 0 Å². The second-order valence-corrected chi connectivity index (χ2v) is 11.2. The largest absolute Gasteiger partial charge is 0.448 e. The molecule has 0 aromatic heterocycles. The third-order valence-electron chi connectivity index (χ3n) is 6.06. The Morgan fingerprint density at radius 2 is 1.70 bits per heavy atom. The van der Waals surface area contributed by atoms with Gasteiger partial charge in [-0.1, -0.05) is 62.5 Å². The van der Waals surface area contributed by atoms with Crippen molar-refractivity contribution in [3.8, 4) is 0 Å². The minimum atomic E-state index is -1.96. The van der Waals surface area contributed by atoms with Crippen molar-refractivity contribution in [2.75, 3.05) is 6.61 Å². The molecule has 0 amide bonds. The minimum absolute atomic E-state index is 0.0588. The van der Waals surface area contributed by atoms with Gasteiger partial charge in [0.1, 0.15) is 6.10 Å². The summed E-state index contributed by atoms with van der Waals surface area (Å²) < 4.78 is 34.4. The van der Waals surface area contributed by atoms with Crippen LogP contribution in [0.5, 0.6) is 0 Å². The average molecular weight is 489 g/mol. The lowest BCUT2D eigenvalue weighted by Crippen LogP contribution is -2.56. The number of hydrogen-bond donors (Lipinski definition) is 1. The maximum atomic E-state index is 7.92. The smallest absolute Gasteiger partial charge is 0.265 e. The van der Waals surface area contributed by atoms with Crippen molar-refractivity contribution >= 4 is 40.7 Å². The van der Waals surface area contributed by atoms with Crippen molar-refractivity contribution in [2.24, 2.45) is 17.8 Å². The van der Waals surface area contributed by atoms with Gasteiger partial charge in [-0.2, -0.15) is 0 Å². The number of nitrogens with one attached hydrogen (secondary N) is 1. The van der Waals surface area contributed by atoms with Gasteiger partial charge in [0.05, 0.1) is 24.9 Å². The van der Waals surface area contributed by atoms with Crippen LogP contribution in [-0.4, -0.2) is 59.1 Å². The Kier molecular flexibility index (Phi) is 7.58. The molecule has 30 heavy (non-hydrogen) atoms. The third-order valence-corrected chi connectivity index (χ3v) is 6.58. The van der Waals surface area contributed by atoms with E-state index in [9.17, 15) is 0 Å². The van der Waals surface area contributed by atoms with Crippen molar-refractivity contribution in [3.63, 3.8) is 0 Å². The molecule has 3 fully saturated rings. The van der Waals surface area contributed by atoms with E-state index in [0.29, 0.717) is 6.61 Å². The second kappa shape index (κ2) is 9.18. The standard InChI is InChI=1S/C20H32Cl3NO6/c1-7-12-10(3)14(11(4)16(26-12)28-18(24)20(21,22)23)27-17-15-13(9(2)8-25-17)29-19(5,6)30-15/h9-17,24H,7-8H2,1-6H3/t9-,10-,11?,12?,13+,14+,15?,16-,17-/m1/s1. The van der Waals surface area contributed by atoms with E-state index in [-0.39, 0.29) is 42.2 Å². The Bertz CT molecular complexity index is 630. The van der Waals surface area contributed by atoms with Crippen LogP contribution in [0, 0.1) is 23.2 Å². The first kappa shape index (κ1) is 24.8. The maximum Gasteiger partial charge on any atom is 0.265 e. The summed E-state index contributed by atoms with van der Waals surface area (Å²) in [6, 6.07) is 0. The van der Waals surface area contributed by atoms with Gasteiger partial charge in [0.25, 0.3) is 3.79 Å². The van der Waals surface area contributed by atoms with Gasteiger partial charge in [0.15, 0.2) is 12.1 Å². The highest BCUT2D eigenvalue weighted by Crippen LogP contribution is 2.42. The Morgan fingerprint density at radius 1 is 1.07 bits per heavy atom. The number of hydrogen-bond acceptors (Lipinski definition) is 7. The molecule has 3 aliphatic rings. The summed E-state index contributed by atoms with van der Waals surface area (Å²) in [5, 5.41) is 7.92. The molecule has 0 aromatic rings. The molecule has 3 rings (SSSR count). The van der Waals surface area contributed by atoms with Gasteiger partial charge in [0.2, 0.25) is 12.2 Å². The number of rotatable bonds is 4. The summed E-state index contributed by atoms with van der Waals surface area (Å²) in [5.74, 6) is -1.16. The molecule has 174 valence electrons. The van der Waals surface area contributed by atoms with Crippen LogP contribution in [0.3, 0.4) is 0 Å². The second-order valence-electron chi connectivity index (χ2n) is 8.96. The zero-order valence-electron chi connectivity index (χ0n) is 18.2. The fraction of sp³-hybridized carbons (Fsp3) is 0.950. The molecule has 0 bridgehead atoms. The lowest BCUT2D eigenvalue weighted by atomic mass is 9.84. The van der Waals surface area contributed by atoms with E-state index < -0.39 is 28.1 Å². The molecular weight excluding hydrogens is 457 g/mol. The molecule has 9 atom stereocenters. The zero-order valence-corrected chi connectivity index (χ0v) is 20.5. The van der Waals surface area contributed by atoms with E-state index in [4.69, 9.17) is 68.6 Å². The molecular formula is C20H32Cl3NO6. The van der Waals surface area contributed by atoms with Crippen molar-refractivity contribution in [1.29, 1.82) is 5.41 Å². The van der Waals surface area contributed by atoms with Crippen LogP contribution in [0.2, 0.25) is 0 Å². The van der Waals surface area contributed by atoms with Crippen molar-refractivity contribution in [3.05, 3.63) is 0 Å². The van der Waals surface area contributed by atoms with Gasteiger partial charge in [-0.25, -0.2) is 0 Å². The molecule has 0 saturated carbocycles. The summed E-state index contributed by atoms with van der Waals surface area (Å²) in [4.78, 5) is 0. The highest BCUT2D eigenvalue weighted by molar-refractivity contribution is 6.76. The Labute approximate surface area is 193 Å². The lowest BCUT2D eigenvalue weighted by molar-refractivity contribution is -0.307. The average Bonchev–Trinajstić information content (AvgIpc) is 2.98. The van der Waals surface area contributed by atoms with Gasteiger partial charge in [0, 0.05) is 17.8 Å². The van der Waals surface area contributed by atoms with E-state index in [1.807, 2.05) is 27.7 Å². The van der Waals surface area contributed by atoms with Gasteiger partial charge < -0.3 is 28.4 Å². The topological polar surface area (TPSA) is 79.2 Å². The zero-order chi connectivity index (χ0) is 22.4. The van der Waals surface area contributed by atoms with E-state index in [2.05, 4.69) is 13.8 Å². The molecule has 10 heteroatoms. The Morgan fingerprint density at radius 3 is 2.30 bits per heavy atom. The van der Waals surface area contributed by atoms with Gasteiger partial charge >= 0.3 is 0 Å². The lowest BCUT2D eigenvalue weighted by Gasteiger charge is -2.46. The maximum absolute atomic E-state index is 7.92. The molecule has 0 radical (unpaired) electrons.